The molecule has 0 amide bonds. The summed E-state index contributed by atoms with van der Waals surface area (Å²) in [5.74, 6) is 0.493. The maximum Gasteiger partial charge on any atom is 0.252 e. The van der Waals surface area contributed by atoms with Crippen molar-refractivity contribution in [2.45, 2.75) is 37.4 Å². The summed E-state index contributed by atoms with van der Waals surface area (Å²) >= 11 is 1.29. The lowest BCUT2D eigenvalue weighted by atomic mass is 9.98. The van der Waals surface area contributed by atoms with E-state index in [1.54, 1.807) is 16.4 Å². The molecule has 120 valence electrons. The van der Waals surface area contributed by atoms with Crippen LogP contribution in [0, 0.1) is 19.8 Å². The molecule has 0 aromatic carbocycles. The molecule has 0 N–H and O–H groups in total. The first-order chi connectivity index (χ1) is 10.5. The van der Waals surface area contributed by atoms with Gasteiger partial charge in [0.15, 0.2) is 0 Å². The summed E-state index contributed by atoms with van der Waals surface area (Å²) < 4.78 is 29.1. The Morgan fingerprint density at radius 3 is 2.59 bits per heavy atom. The first-order valence-electron chi connectivity index (χ1n) is 7.51. The molecule has 0 radical (unpaired) electrons. The SMILES string of the molecule is Cc1cc(C)n(CC2CCN(S(=O)(=O)c3cccs3)CC2)n1. The van der Waals surface area contributed by atoms with E-state index in [9.17, 15) is 8.42 Å². The van der Waals surface area contributed by atoms with E-state index in [1.807, 2.05) is 17.0 Å². The minimum Gasteiger partial charge on any atom is -0.269 e. The zero-order chi connectivity index (χ0) is 15.7. The highest BCUT2D eigenvalue weighted by Crippen LogP contribution is 2.27. The number of hydrogen-bond acceptors (Lipinski definition) is 4. The number of aromatic nitrogens is 2. The minimum atomic E-state index is -3.29. The molecule has 3 rings (SSSR count). The summed E-state index contributed by atoms with van der Waals surface area (Å²) in [4.78, 5) is 0. The molecule has 22 heavy (non-hydrogen) atoms. The molecular weight excluding hydrogens is 318 g/mol. The molecular formula is C15H21N3O2S2. The Kier molecular flexibility index (Phi) is 4.38. The molecule has 1 fully saturated rings. The predicted octanol–water partition coefficient (Wildman–Crippen LogP) is 2.66. The lowest BCUT2D eigenvalue weighted by Crippen LogP contribution is -2.39. The number of hydrogen-bond donors (Lipinski definition) is 0. The van der Waals surface area contributed by atoms with Crippen molar-refractivity contribution in [2.24, 2.45) is 5.92 Å². The van der Waals surface area contributed by atoms with Crippen molar-refractivity contribution in [2.75, 3.05) is 13.1 Å². The maximum absolute atomic E-state index is 12.5. The molecule has 5 nitrogen and oxygen atoms in total. The van der Waals surface area contributed by atoms with Gasteiger partial charge in [-0.3, -0.25) is 4.68 Å². The van der Waals surface area contributed by atoms with Crippen LogP contribution < -0.4 is 0 Å². The van der Waals surface area contributed by atoms with Gasteiger partial charge in [-0.15, -0.1) is 11.3 Å². The topological polar surface area (TPSA) is 55.2 Å². The second kappa shape index (κ2) is 6.14. The minimum absolute atomic E-state index is 0.449. The maximum atomic E-state index is 12.5. The third-order valence-electron chi connectivity index (χ3n) is 4.20. The smallest absolute Gasteiger partial charge is 0.252 e. The van der Waals surface area contributed by atoms with Crippen LogP contribution in [0.5, 0.6) is 0 Å². The molecule has 0 bridgehead atoms. The highest BCUT2D eigenvalue weighted by molar-refractivity contribution is 7.91. The number of aryl methyl sites for hydroxylation is 2. The normalized spacial score (nSPS) is 17.9. The highest BCUT2D eigenvalue weighted by atomic mass is 32.2. The van der Waals surface area contributed by atoms with E-state index in [-0.39, 0.29) is 0 Å². The molecule has 0 saturated carbocycles. The molecule has 3 heterocycles. The number of nitrogens with zero attached hydrogens (tertiary/aromatic N) is 3. The first-order valence-corrected chi connectivity index (χ1v) is 9.83. The van der Waals surface area contributed by atoms with Gasteiger partial charge >= 0.3 is 0 Å². The Morgan fingerprint density at radius 2 is 2.05 bits per heavy atom. The van der Waals surface area contributed by atoms with Crippen LogP contribution in [-0.2, 0) is 16.6 Å². The third kappa shape index (κ3) is 3.11. The van der Waals surface area contributed by atoms with Gasteiger partial charge in [0.25, 0.3) is 10.0 Å². The predicted molar refractivity (Wildman–Crippen MR) is 87.5 cm³/mol. The molecule has 1 saturated heterocycles. The monoisotopic (exact) mass is 339 g/mol. The van der Waals surface area contributed by atoms with Crippen molar-refractivity contribution < 1.29 is 8.42 Å². The number of piperidine rings is 1. The lowest BCUT2D eigenvalue weighted by Gasteiger charge is -2.31. The summed E-state index contributed by atoms with van der Waals surface area (Å²) in [6.07, 6.45) is 1.78. The molecule has 0 spiro atoms. The van der Waals surface area contributed by atoms with Crippen LogP contribution in [0.4, 0.5) is 0 Å². The molecule has 2 aromatic rings. The fourth-order valence-corrected chi connectivity index (χ4v) is 5.59. The lowest BCUT2D eigenvalue weighted by molar-refractivity contribution is 0.246. The van der Waals surface area contributed by atoms with E-state index in [1.165, 1.54) is 17.0 Å². The summed E-state index contributed by atoms with van der Waals surface area (Å²) in [7, 11) is -3.29. The van der Waals surface area contributed by atoms with E-state index in [2.05, 4.69) is 18.1 Å². The van der Waals surface area contributed by atoms with Crippen LogP contribution in [0.3, 0.4) is 0 Å². The van der Waals surface area contributed by atoms with Gasteiger partial charge in [-0.05, 0) is 50.1 Å². The summed E-state index contributed by atoms with van der Waals surface area (Å²) in [6, 6.07) is 5.55. The average molecular weight is 339 g/mol. The van der Waals surface area contributed by atoms with Gasteiger partial charge in [-0.1, -0.05) is 6.07 Å². The van der Waals surface area contributed by atoms with E-state index >= 15 is 0 Å². The van der Waals surface area contributed by atoms with Gasteiger partial charge < -0.3 is 0 Å². The number of rotatable bonds is 4. The van der Waals surface area contributed by atoms with E-state index in [0.29, 0.717) is 23.2 Å². The van der Waals surface area contributed by atoms with E-state index in [0.717, 1.165) is 25.1 Å². The molecule has 7 heteroatoms. The van der Waals surface area contributed by atoms with Gasteiger partial charge in [0.1, 0.15) is 4.21 Å². The van der Waals surface area contributed by atoms with Gasteiger partial charge in [0.2, 0.25) is 0 Å². The summed E-state index contributed by atoms with van der Waals surface area (Å²) in [5, 5.41) is 6.31. The van der Waals surface area contributed by atoms with E-state index < -0.39 is 10.0 Å². The van der Waals surface area contributed by atoms with Gasteiger partial charge in [-0.25, -0.2) is 8.42 Å². The van der Waals surface area contributed by atoms with Crippen LogP contribution in [0.15, 0.2) is 27.8 Å². The van der Waals surface area contributed by atoms with Gasteiger partial charge in [0, 0.05) is 25.3 Å². The fraction of sp³-hybridized carbons (Fsp3) is 0.533. The Balaban J connectivity index is 1.62. The Hall–Kier alpha value is -1.18. The van der Waals surface area contributed by atoms with Crippen molar-refractivity contribution >= 4 is 21.4 Å². The van der Waals surface area contributed by atoms with Crippen molar-refractivity contribution in [3.05, 3.63) is 35.0 Å². The second-order valence-corrected chi connectivity index (χ2v) is 9.00. The first kappa shape index (κ1) is 15.7. The number of sulfonamides is 1. The average Bonchev–Trinajstić information content (AvgIpc) is 3.10. The van der Waals surface area contributed by atoms with Crippen molar-refractivity contribution in [1.29, 1.82) is 0 Å². The molecule has 0 atom stereocenters. The van der Waals surface area contributed by atoms with Gasteiger partial charge in [-0.2, -0.15) is 9.40 Å². The van der Waals surface area contributed by atoms with Crippen LogP contribution in [0.25, 0.3) is 0 Å². The standard InChI is InChI=1S/C15H21N3O2S2/c1-12-10-13(2)18(16-12)11-14-5-7-17(8-6-14)22(19,20)15-4-3-9-21-15/h3-4,9-10,14H,5-8,11H2,1-2H3. The molecule has 1 aliphatic heterocycles. The van der Waals surface area contributed by atoms with E-state index in [4.69, 9.17) is 0 Å². The van der Waals surface area contributed by atoms with Crippen molar-refractivity contribution in [3.8, 4) is 0 Å². The molecule has 1 aliphatic rings. The molecule has 2 aromatic heterocycles. The van der Waals surface area contributed by atoms with Crippen LogP contribution in [0.1, 0.15) is 24.2 Å². The fourth-order valence-electron chi connectivity index (χ4n) is 2.97. The summed E-state index contributed by atoms with van der Waals surface area (Å²) in [5.41, 5.74) is 2.21. The van der Waals surface area contributed by atoms with Crippen LogP contribution in [-0.4, -0.2) is 35.6 Å². The van der Waals surface area contributed by atoms with Crippen molar-refractivity contribution in [1.82, 2.24) is 14.1 Å². The Labute approximate surface area is 135 Å². The largest absolute Gasteiger partial charge is 0.269 e. The number of thiophene rings is 1. The van der Waals surface area contributed by atoms with Gasteiger partial charge in [0.05, 0.1) is 5.69 Å². The quantitative estimate of drug-likeness (QED) is 0.860. The van der Waals surface area contributed by atoms with Crippen molar-refractivity contribution in [3.63, 3.8) is 0 Å². The molecule has 0 unspecified atom stereocenters. The van der Waals surface area contributed by atoms with Crippen LogP contribution >= 0.6 is 11.3 Å². The highest BCUT2D eigenvalue weighted by Gasteiger charge is 2.30. The second-order valence-electron chi connectivity index (χ2n) is 5.89. The Morgan fingerprint density at radius 1 is 1.32 bits per heavy atom. The zero-order valence-corrected chi connectivity index (χ0v) is 14.5. The Bertz CT molecular complexity index is 727. The van der Waals surface area contributed by atoms with Crippen LogP contribution in [0.2, 0.25) is 0 Å². The zero-order valence-electron chi connectivity index (χ0n) is 12.9. The summed E-state index contributed by atoms with van der Waals surface area (Å²) in [6.45, 7) is 6.15. The molecule has 0 aliphatic carbocycles. The third-order valence-corrected chi connectivity index (χ3v) is 7.47.